The molecule has 1 heterocycles. The lowest BCUT2D eigenvalue weighted by Crippen LogP contribution is -2.31. The predicted molar refractivity (Wildman–Crippen MR) is 86.8 cm³/mol. The molecule has 1 aromatic carbocycles. The van der Waals surface area contributed by atoms with Crippen LogP contribution in [0.3, 0.4) is 0 Å². The molecule has 0 amide bonds. The smallest absolute Gasteiger partial charge is 0.206 e. The zero-order valence-electron chi connectivity index (χ0n) is 10.5. The third-order valence-corrected chi connectivity index (χ3v) is 6.78. The first kappa shape index (κ1) is 16.0. The van der Waals surface area contributed by atoms with E-state index in [4.69, 9.17) is 11.6 Å². The Morgan fingerprint density at radius 3 is 2.40 bits per heavy atom. The van der Waals surface area contributed by atoms with E-state index in [2.05, 4.69) is 15.9 Å². The lowest BCUT2D eigenvalue weighted by atomic mass is 10.2. The average Bonchev–Trinajstić information content (AvgIpc) is 2.87. The third kappa shape index (κ3) is 3.83. The fourth-order valence-electron chi connectivity index (χ4n) is 1.73. The molecule has 2 rings (SSSR count). The first-order chi connectivity index (χ1) is 9.54. The summed E-state index contributed by atoms with van der Waals surface area (Å²) in [5.41, 5.74) is 0.941. The highest BCUT2D eigenvalue weighted by molar-refractivity contribution is 9.11. The molecule has 108 valence electrons. The van der Waals surface area contributed by atoms with E-state index in [1.165, 1.54) is 15.6 Å². The first-order valence-electron chi connectivity index (χ1n) is 5.89. The van der Waals surface area contributed by atoms with Gasteiger partial charge in [0.05, 0.1) is 3.79 Å². The van der Waals surface area contributed by atoms with Crippen molar-refractivity contribution in [2.75, 3.05) is 12.4 Å². The lowest BCUT2D eigenvalue weighted by Gasteiger charge is -2.20. The summed E-state index contributed by atoms with van der Waals surface area (Å²) in [6, 6.07) is 12.8. The number of hydrogen-bond donors (Lipinski definition) is 0. The minimum absolute atomic E-state index is 0.263. The van der Waals surface area contributed by atoms with Crippen molar-refractivity contribution < 1.29 is 8.42 Å². The molecule has 2 aromatic rings. The van der Waals surface area contributed by atoms with Crippen molar-refractivity contribution in [3.05, 3.63) is 51.8 Å². The van der Waals surface area contributed by atoms with Gasteiger partial charge in [0.25, 0.3) is 10.0 Å². The van der Waals surface area contributed by atoms with Gasteiger partial charge in [-0.05, 0) is 33.6 Å². The van der Waals surface area contributed by atoms with Gasteiger partial charge in [0.1, 0.15) is 4.21 Å². The van der Waals surface area contributed by atoms with Crippen LogP contribution in [0.15, 0.2) is 50.5 Å². The van der Waals surface area contributed by atoms with Crippen LogP contribution >= 0.6 is 38.9 Å². The Hall–Kier alpha value is -0.400. The molecule has 0 unspecified atom stereocenters. The molecule has 7 heteroatoms. The zero-order chi connectivity index (χ0) is 14.6. The molecule has 0 spiro atoms. The Bertz CT molecular complexity index is 658. The maximum atomic E-state index is 12.6. The number of benzene rings is 1. The number of sulfonamides is 1. The number of nitrogens with zero attached hydrogens (tertiary/aromatic N) is 1. The molecule has 0 saturated heterocycles. The second kappa shape index (κ2) is 7.04. The summed E-state index contributed by atoms with van der Waals surface area (Å²) >= 11 is 10.2. The number of rotatable bonds is 6. The second-order valence-electron chi connectivity index (χ2n) is 4.07. The van der Waals surface area contributed by atoms with Crippen molar-refractivity contribution in [2.45, 2.75) is 10.8 Å². The van der Waals surface area contributed by atoms with E-state index in [0.29, 0.717) is 10.8 Å². The lowest BCUT2D eigenvalue weighted by molar-refractivity contribution is 0.426. The quantitative estimate of drug-likeness (QED) is 0.696. The molecule has 0 aliphatic heterocycles. The van der Waals surface area contributed by atoms with Crippen molar-refractivity contribution in [3.8, 4) is 0 Å². The highest BCUT2D eigenvalue weighted by Crippen LogP contribution is 2.29. The van der Waals surface area contributed by atoms with Gasteiger partial charge in [-0.15, -0.1) is 22.9 Å². The first-order valence-corrected chi connectivity index (χ1v) is 9.48. The van der Waals surface area contributed by atoms with E-state index >= 15 is 0 Å². The largest absolute Gasteiger partial charge is 0.252 e. The molecule has 0 radical (unpaired) electrons. The summed E-state index contributed by atoms with van der Waals surface area (Å²) in [5, 5.41) is 0. The van der Waals surface area contributed by atoms with E-state index < -0.39 is 10.0 Å². The molecule has 0 aliphatic rings. The van der Waals surface area contributed by atoms with Crippen LogP contribution in [0.2, 0.25) is 0 Å². The summed E-state index contributed by atoms with van der Waals surface area (Å²) in [5.74, 6) is 0.263. The Morgan fingerprint density at radius 2 is 1.85 bits per heavy atom. The normalized spacial score (nSPS) is 11.9. The standard InChI is InChI=1S/C13H13BrClNO2S2/c14-12-6-7-13(19-12)20(17,18)16(9-8-15)10-11-4-2-1-3-5-11/h1-7H,8-10H2. The summed E-state index contributed by atoms with van der Waals surface area (Å²) in [4.78, 5) is 0. The molecule has 0 N–H and O–H groups in total. The number of thiophene rings is 1. The van der Waals surface area contributed by atoms with Crippen molar-refractivity contribution in [2.24, 2.45) is 0 Å². The van der Waals surface area contributed by atoms with Crippen LogP contribution in [0.25, 0.3) is 0 Å². The van der Waals surface area contributed by atoms with Gasteiger partial charge in [0.2, 0.25) is 0 Å². The highest BCUT2D eigenvalue weighted by atomic mass is 79.9. The van der Waals surface area contributed by atoms with E-state index in [0.717, 1.165) is 9.35 Å². The number of hydrogen-bond acceptors (Lipinski definition) is 3. The summed E-state index contributed by atoms with van der Waals surface area (Å²) in [6.45, 7) is 0.611. The summed E-state index contributed by atoms with van der Waals surface area (Å²) in [7, 11) is -3.50. The molecule has 0 aliphatic carbocycles. The Kier molecular flexibility index (Phi) is 5.63. The van der Waals surface area contributed by atoms with E-state index in [9.17, 15) is 8.42 Å². The van der Waals surface area contributed by atoms with Crippen molar-refractivity contribution in [3.63, 3.8) is 0 Å². The van der Waals surface area contributed by atoms with Crippen LogP contribution in [0.1, 0.15) is 5.56 Å². The van der Waals surface area contributed by atoms with Crippen LogP contribution in [0, 0.1) is 0 Å². The van der Waals surface area contributed by atoms with Crippen molar-refractivity contribution in [1.82, 2.24) is 4.31 Å². The molecule has 1 aromatic heterocycles. The van der Waals surface area contributed by atoms with Crippen molar-refractivity contribution >= 4 is 48.9 Å². The predicted octanol–water partition coefficient (Wildman–Crippen LogP) is 3.94. The summed E-state index contributed by atoms with van der Waals surface area (Å²) < 4.78 is 27.7. The van der Waals surface area contributed by atoms with Gasteiger partial charge in [-0.25, -0.2) is 8.42 Å². The molecule has 0 bridgehead atoms. The van der Waals surface area contributed by atoms with Crippen LogP contribution in [-0.4, -0.2) is 25.1 Å². The second-order valence-corrected chi connectivity index (χ2v) is 9.08. The fraction of sp³-hybridized carbons (Fsp3) is 0.231. The molecule has 0 saturated carbocycles. The number of alkyl halides is 1. The Morgan fingerprint density at radius 1 is 1.15 bits per heavy atom. The Labute approximate surface area is 136 Å². The molecule has 0 atom stereocenters. The van der Waals surface area contributed by atoms with Crippen LogP contribution in [-0.2, 0) is 16.6 Å². The third-order valence-electron chi connectivity index (χ3n) is 2.68. The van der Waals surface area contributed by atoms with Gasteiger partial charge in [-0.1, -0.05) is 30.3 Å². The zero-order valence-corrected chi connectivity index (χ0v) is 14.5. The maximum Gasteiger partial charge on any atom is 0.252 e. The topological polar surface area (TPSA) is 37.4 Å². The van der Waals surface area contributed by atoms with Crippen LogP contribution in [0.5, 0.6) is 0 Å². The van der Waals surface area contributed by atoms with Gasteiger partial charge < -0.3 is 0 Å². The molecule has 0 fully saturated rings. The van der Waals surface area contributed by atoms with Gasteiger partial charge >= 0.3 is 0 Å². The van der Waals surface area contributed by atoms with Gasteiger partial charge in [0, 0.05) is 19.0 Å². The van der Waals surface area contributed by atoms with E-state index in [1.807, 2.05) is 30.3 Å². The van der Waals surface area contributed by atoms with E-state index in [1.54, 1.807) is 12.1 Å². The van der Waals surface area contributed by atoms with Gasteiger partial charge in [-0.3, -0.25) is 0 Å². The van der Waals surface area contributed by atoms with Gasteiger partial charge in [-0.2, -0.15) is 4.31 Å². The maximum absolute atomic E-state index is 12.6. The minimum atomic E-state index is -3.50. The molecule has 20 heavy (non-hydrogen) atoms. The molecular weight excluding hydrogens is 382 g/mol. The van der Waals surface area contributed by atoms with Gasteiger partial charge in [0.15, 0.2) is 0 Å². The molecular formula is C13H13BrClNO2S2. The molecule has 3 nitrogen and oxygen atoms in total. The highest BCUT2D eigenvalue weighted by Gasteiger charge is 2.25. The monoisotopic (exact) mass is 393 g/mol. The summed E-state index contributed by atoms with van der Waals surface area (Å²) in [6.07, 6.45) is 0. The van der Waals surface area contributed by atoms with E-state index in [-0.39, 0.29) is 12.4 Å². The van der Waals surface area contributed by atoms with Crippen LogP contribution < -0.4 is 0 Å². The minimum Gasteiger partial charge on any atom is -0.206 e. The van der Waals surface area contributed by atoms with Crippen molar-refractivity contribution in [1.29, 1.82) is 0 Å². The fourth-order valence-corrected chi connectivity index (χ4v) is 5.63. The van der Waals surface area contributed by atoms with Crippen LogP contribution in [0.4, 0.5) is 0 Å². The Balaban J connectivity index is 2.28. The number of halogens is 2. The SMILES string of the molecule is O=S(=O)(c1ccc(Br)s1)N(CCCl)Cc1ccccc1. The average molecular weight is 395 g/mol.